The largest absolute Gasteiger partial charge is 0.496 e. The van der Waals surface area contributed by atoms with Crippen molar-refractivity contribution in [2.75, 3.05) is 33.4 Å². The predicted molar refractivity (Wildman–Crippen MR) is 87.0 cm³/mol. The molecule has 2 fully saturated rings. The molecule has 0 aromatic heterocycles. The Hall–Kier alpha value is -1.11. The molecule has 1 N–H and O–H groups in total. The molecule has 22 heavy (non-hydrogen) atoms. The Morgan fingerprint density at radius 3 is 3.09 bits per heavy atom. The van der Waals surface area contributed by atoms with Gasteiger partial charge >= 0.3 is 0 Å². The highest BCUT2D eigenvalue weighted by molar-refractivity contribution is 9.10. The summed E-state index contributed by atoms with van der Waals surface area (Å²) in [5.74, 6) is 0.910. The van der Waals surface area contributed by atoms with Crippen LogP contribution in [0.25, 0.3) is 0 Å². The predicted octanol–water partition coefficient (Wildman–Crippen LogP) is 2.11. The van der Waals surface area contributed by atoms with E-state index in [1.165, 1.54) is 0 Å². The standard InChI is InChI=1S/C16H21BrN2O3/c1-21-14-5-4-11(17)9-12(14)13-3-2-7-19(13)16(20)15-10-18-6-8-22-15/h4-5,9,13,15,18H,2-3,6-8,10H2,1H3. The van der Waals surface area contributed by atoms with Gasteiger partial charge in [0.25, 0.3) is 5.91 Å². The van der Waals surface area contributed by atoms with Gasteiger partial charge in [-0.1, -0.05) is 15.9 Å². The first-order valence-electron chi connectivity index (χ1n) is 7.67. The van der Waals surface area contributed by atoms with E-state index in [2.05, 4.69) is 27.3 Å². The van der Waals surface area contributed by atoms with Crippen molar-refractivity contribution in [1.82, 2.24) is 10.2 Å². The Bertz CT molecular complexity index is 546. The number of nitrogens with one attached hydrogen (secondary N) is 1. The minimum Gasteiger partial charge on any atom is -0.496 e. The molecule has 1 aromatic carbocycles. The fourth-order valence-corrected chi connectivity index (χ4v) is 3.61. The first-order chi connectivity index (χ1) is 10.7. The van der Waals surface area contributed by atoms with E-state index in [4.69, 9.17) is 9.47 Å². The Morgan fingerprint density at radius 2 is 2.36 bits per heavy atom. The summed E-state index contributed by atoms with van der Waals surface area (Å²) in [5.41, 5.74) is 1.06. The second-order valence-electron chi connectivity index (χ2n) is 5.64. The highest BCUT2D eigenvalue weighted by Crippen LogP contribution is 2.38. The third-order valence-corrected chi connectivity index (χ3v) is 4.78. The molecule has 0 saturated carbocycles. The Labute approximate surface area is 139 Å². The number of benzene rings is 1. The SMILES string of the molecule is COc1ccc(Br)cc1C1CCCN1C(=O)C1CNCCO1. The Balaban J connectivity index is 1.83. The second-order valence-corrected chi connectivity index (χ2v) is 6.56. The van der Waals surface area contributed by atoms with Gasteiger partial charge < -0.3 is 19.7 Å². The first kappa shape index (κ1) is 15.8. The second kappa shape index (κ2) is 6.98. The third kappa shape index (κ3) is 3.14. The molecule has 0 aliphatic carbocycles. The molecule has 2 aliphatic rings. The van der Waals surface area contributed by atoms with Gasteiger partial charge in [0, 0.05) is 29.7 Å². The number of methoxy groups -OCH3 is 1. The maximum absolute atomic E-state index is 12.8. The van der Waals surface area contributed by atoms with Gasteiger partial charge in [-0.2, -0.15) is 0 Å². The lowest BCUT2D eigenvalue weighted by Crippen LogP contribution is -2.49. The van der Waals surface area contributed by atoms with Gasteiger partial charge in [0.05, 0.1) is 19.8 Å². The summed E-state index contributed by atoms with van der Waals surface area (Å²) in [4.78, 5) is 14.7. The number of likely N-dealkylation sites (tertiary alicyclic amines) is 1. The van der Waals surface area contributed by atoms with Crippen LogP contribution in [0.3, 0.4) is 0 Å². The molecule has 1 aromatic rings. The van der Waals surface area contributed by atoms with Crippen LogP contribution in [0.1, 0.15) is 24.4 Å². The minimum atomic E-state index is -0.368. The van der Waals surface area contributed by atoms with E-state index < -0.39 is 0 Å². The van der Waals surface area contributed by atoms with Crippen molar-refractivity contribution in [3.05, 3.63) is 28.2 Å². The Kier molecular flexibility index (Phi) is 5.00. The summed E-state index contributed by atoms with van der Waals surface area (Å²) < 4.78 is 12.1. The molecule has 2 heterocycles. The molecule has 2 unspecified atom stereocenters. The Morgan fingerprint density at radius 1 is 1.50 bits per heavy atom. The molecule has 0 bridgehead atoms. The van der Waals surface area contributed by atoms with E-state index in [9.17, 15) is 4.79 Å². The van der Waals surface area contributed by atoms with E-state index >= 15 is 0 Å². The normalized spacial score (nSPS) is 25.3. The van der Waals surface area contributed by atoms with Crippen LogP contribution in [0, 0.1) is 0 Å². The van der Waals surface area contributed by atoms with Crippen molar-refractivity contribution >= 4 is 21.8 Å². The molecular weight excluding hydrogens is 348 g/mol. The first-order valence-corrected chi connectivity index (χ1v) is 8.46. The van der Waals surface area contributed by atoms with E-state index in [-0.39, 0.29) is 18.1 Å². The van der Waals surface area contributed by atoms with Crippen molar-refractivity contribution in [2.45, 2.75) is 25.0 Å². The van der Waals surface area contributed by atoms with Crippen LogP contribution in [-0.4, -0.2) is 50.3 Å². The summed E-state index contributed by atoms with van der Waals surface area (Å²) in [6.45, 7) is 2.78. The summed E-state index contributed by atoms with van der Waals surface area (Å²) in [7, 11) is 1.67. The summed E-state index contributed by atoms with van der Waals surface area (Å²) >= 11 is 3.51. The molecule has 3 rings (SSSR count). The average Bonchev–Trinajstić information content (AvgIpc) is 3.04. The molecule has 5 nitrogen and oxygen atoms in total. The van der Waals surface area contributed by atoms with Crippen molar-refractivity contribution in [3.63, 3.8) is 0 Å². The van der Waals surface area contributed by atoms with Crippen molar-refractivity contribution < 1.29 is 14.3 Å². The van der Waals surface area contributed by atoms with Crippen LogP contribution in [0.2, 0.25) is 0 Å². The van der Waals surface area contributed by atoms with E-state index in [0.29, 0.717) is 13.2 Å². The molecule has 0 spiro atoms. The highest BCUT2D eigenvalue weighted by atomic mass is 79.9. The van der Waals surface area contributed by atoms with Gasteiger partial charge in [-0.3, -0.25) is 4.79 Å². The van der Waals surface area contributed by atoms with Gasteiger partial charge in [-0.15, -0.1) is 0 Å². The quantitative estimate of drug-likeness (QED) is 0.887. The zero-order valence-corrected chi connectivity index (χ0v) is 14.3. The lowest BCUT2D eigenvalue weighted by molar-refractivity contribution is -0.146. The average molecular weight is 369 g/mol. The smallest absolute Gasteiger partial charge is 0.253 e. The molecule has 120 valence electrons. The number of nitrogens with zero attached hydrogens (tertiary/aromatic N) is 1. The molecular formula is C16H21BrN2O3. The summed E-state index contributed by atoms with van der Waals surface area (Å²) in [5, 5.41) is 3.22. The van der Waals surface area contributed by atoms with E-state index in [1.807, 2.05) is 17.0 Å². The monoisotopic (exact) mass is 368 g/mol. The third-order valence-electron chi connectivity index (χ3n) is 4.29. The molecule has 0 radical (unpaired) electrons. The highest BCUT2D eigenvalue weighted by Gasteiger charge is 2.36. The van der Waals surface area contributed by atoms with Crippen molar-refractivity contribution in [3.8, 4) is 5.75 Å². The van der Waals surface area contributed by atoms with E-state index in [0.717, 1.165) is 41.7 Å². The topological polar surface area (TPSA) is 50.8 Å². The molecule has 2 aliphatic heterocycles. The lowest BCUT2D eigenvalue weighted by atomic mass is 10.0. The number of rotatable bonds is 3. The molecule has 6 heteroatoms. The number of amides is 1. The number of carbonyl (C=O) groups is 1. The summed E-state index contributed by atoms with van der Waals surface area (Å²) in [6.07, 6.45) is 1.60. The number of hydrogen-bond acceptors (Lipinski definition) is 4. The maximum Gasteiger partial charge on any atom is 0.253 e. The zero-order chi connectivity index (χ0) is 15.5. The maximum atomic E-state index is 12.8. The molecule has 2 saturated heterocycles. The van der Waals surface area contributed by atoms with Gasteiger partial charge in [0.2, 0.25) is 0 Å². The van der Waals surface area contributed by atoms with Gasteiger partial charge in [-0.05, 0) is 31.0 Å². The number of ether oxygens (including phenoxy) is 2. The van der Waals surface area contributed by atoms with Crippen LogP contribution < -0.4 is 10.1 Å². The van der Waals surface area contributed by atoms with E-state index in [1.54, 1.807) is 7.11 Å². The molecule has 1 amide bonds. The lowest BCUT2D eigenvalue weighted by Gasteiger charge is -2.31. The van der Waals surface area contributed by atoms with Crippen LogP contribution in [0.4, 0.5) is 0 Å². The number of morpholine rings is 1. The number of carbonyl (C=O) groups excluding carboxylic acids is 1. The van der Waals surface area contributed by atoms with Crippen molar-refractivity contribution in [1.29, 1.82) is 0 Å². The zero-order valence-electron chi connectivity index (χ0n) is 12.7. The number of hydrogen-bond donors (Lipinski definition) is 1. The minimum absolute atomic E-state index is 0.0606. The van der Waals surface area contributed by atoms with Crippen LogP contribution >= 0.6 is 15.9 Å². The van der Waals surface area contributed by atoms with Crippen LogP contribution in [0.5, 0.6) is 5.75 Å². The number of halogens is 1. The van der Waals surface area contributed by atoms with Crippen LogP contribution in [-0.2, 0) is 9.53 Å². The summed E-state index contributed by atoms with van der Waals surface area (Å²) in [6, 6.07) is 6.01. The van der Waals surface area contributed by atoms with Gasteiger partial charge in [-0.25, -0.2) is 0 Å². The fraction of sp³-hybridized carbons (Fsp3) is 0.562. The molecule has 2 atom stereocenters. The van der Waals surface area contributed by atoms with Gasteiger partial charge in [0.15, 0.2) is 0 Å². The fourth-order valence-electron chi connectivity index (χ4n) is 3.23. The van der Waals surface area contributed by atoms with Crippen molar-refractivity contribution in [2.24, 2.45) is 0 Å². The van der Waals surface area contributed by atoms with Crippen LogP contribution in [0.15, 0.2) is 22.7 Å². The van der Waals surface area contributed by atoms with Gasteiger partial charge in [0.1, 0.15) is 11.9 Å².